The second-order valence-corrected chi connectivity index (χ2v) is 8.93. The predicted molar refractivity (Wildman–Crippen MR) is 128 cm³/mol. The molecule has 208 valence electrons. The Kier molecular flexibility index (Phi) is 7.69. The first kappa shape index (κ1) is 28.7. The molecule has 0 saturated heterocycles. The molecule has 4 aromatic rings. The molecule has 1 N–H and O–H groups in total. The number of hydrogen-bond donors (Lipinski definition) is 1. The van der Waals surface area contributed by atoms with Crippen molar-refractivity contribution in [1.29, 1.82) is 0 Å². The van der Waals surface area contributed by atoms with Crippen LogP contribution in [0.4, 0.5) is 39.5 Å². The number of carbonyl (C=O) groups is 1. The molecule has 0 aliphatic heterocycles. The van der Waals surface area contributed by atoms with Gasteiger partial charge in [-0.15, -0.1) is 0 Å². The monoisotopic (exact) mass is 567 g/mol. The normalized spacial score (nSPS) is 12.3. The maximum Gasteiger partial charge on any atom is 0.416 e. The van der Waals surface area contributed by atoms with E-state index >= 15 is 0 Å². The van der Waals surface area contributed by atoms with Gasteiger partial charge in [-0.3, -0.25) is 4.79 Å². The Morgan fingerprint density at radius 1 is 0.600 bits per heavy atom. The van der Waals surface area contributed by atoms with Crippen LogP contribution in [-0.4, -0.2) is 5.91 Å². The third-order valence-corrected chi connectivity index (χ3v) is 6.25. The molecule has 0 fully saturated rings. The van der Waals surface area contributed by atoms with Crippen LogP contribution in [-0.2, 0) is 24.3 Å². The van der Waals surface area contributed by atoms with E-state index in [1.54, 1.807) is 30.3 Å². The average Bonchev–Trinajstić information content (AvgIpc) is 2.90. The third kappa shape index (κ3) is 5.98. The van der Waals surface area contributed by atoms with Gasteiger partial charge in [-0.1, -0.05) is 54.6 Å². The molecule has 0 saturated carbocycles. The van der Waals surface area contributed by atoms with E-state index in [2.05, 4.69) is 5.32 Å². The van der Waals surface area contributed by atoms with Gasteiger partial charge in [-0.25, -0.2) is 13.2 Å². The third-order valence-electron chi connectivity index (χ3n) is 6.25. The van der Waals surface area contributed by atoms with E-state index < -0.39 is 57.9 Å². The van der Waals surface area contributed by atoms with Crippen LogP contribution in [0.1, 0.15) is 38.2 Å². The second kappa shape index (κ2) is 10.7. The number of rotatable bonds is 6. The lowest BCUT2D eigenvalue weighted by Crippen LogP contribution is -2.49. The van der Waals surface area contributed by atoms with Crippen molar-refractivity contribution >= 4 is 5.91 Å². The van der Waals surface area contributed by atoms with E-state index in [9.17, 15) is 44.3 Å². The fraction of sp³-hybridized carbons (Fsp3) is 0.138. The van der Waals surface area contributed by atoms with Gasteiger partial charge in [0.05, 0.1) is 16.7 Å². The molecule has 0 unspecified atom stereocenters. The Morgan fingerprint density at radius 2 is 1.05 bits per heavy atom. The van der Waals surface area contributed by atoms with Crippen LogP contribution < -0.4 is 5.32 Å². The zero-order valence-corrected chi connectivity index (χ0v) is 20.2. The van der Waals surface area contributed by atoms with Crippen molar-refractivity contribution in [2.24, 2.45) is 0 Å². The van der Waals surface area contributed by atoms with Gasteiger partial charge in [-0.2, -0.15) is 26.3 Å². The molecule has 0 aliphatic rings. The number of halogens is 9. The first-order valence-corrected chi connectivity index (χ1v) is 11.6. The Labute approximate surface area is 222 Å². The Bertz CT molecular complexity index is 1450. The molecule has 11 heteroatoms. The number of alkyl halides is 6. The van der Waals surface area contributed by atoms with Gasteiger partial charge < -0.3 is 5.32 Å². The summed E-state index contributed by atoms with van der Waals surface area (Å²) in [5, 5.41) is 2.43. The molecule has 0 atom stereocenters. The maximum absolute atomic E-state index is 13.9. The average molecular weight is 567 g/mol. The van der Waals surface area contributed by atoms with Gasteiger partial charge in [0.15, 0.2) is 17.5 Å². The number of amides is 1. The molecule has 2 nitrogen and oxygen atoms in total. The number of nitrogens with one attached hydrogen (secondary N) is 1. The summed E-state index contributed by atoms with van der Waals surface area (Å²) in [5.41, 5.74) is -5.29. The summed E-state index contributed by atoms with van der Waals surface area (Å²) in [4.78, 5) is 13.4. The molecule has 40 heavy (non-hydrogen) atoms. The highest BCUT2D eigenvalue weighted by molar-refractivity contribution is 5.95. The molecular weight excluding hydrogens is 549 g/mol. The summed E-state index contributed by atoms with van der Waals surface area (Å²) < 4.78 is 124. The zero-order chi connectivity index (χ0) is 29.3. The van der Waals surface area contributed by atoms with E-state index in [0.717, 1.165) is 24.3 Å². The summed E-state index contributed by atoms with van der Waals surface area (Å²) in [6, 6.07) is 15.9. The van der Waals surface area contributed by atoms with E-state index in [-0.39, 0.29) is 17.5 Å². The fourth-order valence-electron chi connectivity index (χ4n) is 4.34. The van der Waals surface area contributed by atoms with Crippen LogP contribution in [0.25, 0.3) is 0 Å². The van der Waals surface area contributed by atoms with Crippen molar-refractivity contribution in [3.8, 4) is 0 Å². The second-order valence-electron chi connectivity index (χ2n) is 8.93. The van der Waals surface area contributed by atoms with Crippen molar-refractivity contribution in [3.05, 3.63) is 142 Å². The lowest BCUT2D eigenvalue weighted by Gasteiger charge is -2.37. The topological polar surface area (TPSA) is 29.1 Å². The van der Waals surface area contributed by atoms with E-state index in [4.69, 9.17) is 0 Å². The molecule has 0 heterocycles. The van der Waals surface area contributed by atoms with Gasteiger partial charge >= 0.3 is 12.4 Å². The summed E-state index contributed by atoms with van der Waals surface area (Å²) in [6.07, 6.45) is -10.1. The van der Waals surface area contributed by atoms with Crippen LogP contribution >= 0.6 is 0 Å². The predicted octanol–water partition coefficient (Wildman–Crippen LogP) is 8.06. The zero-order valence-electron chi connectivity index (χ0n) is 20.2. The summed E-state index contributed by atoms with van der Waals surface area (Å²) in [6.45, 7) is 0. The molecule has 0 radical (unpaired) electrons. The standard InChI is InChI=1S/C29H18F9NO/c30-23-12-18(13-24(31)25(23)32)26(40)39-27(16-17-6-2-1-3-7-17,19-8-4-10-21(14-19)28(33,34)35)20-9-5-11-22(15-20)29(36,37)38/h1-15H,16H2,(H,39,40). The van der Waals surface area contributed by atoms with E-state index in [0.29, 0.717) is 29.8 Å². The Balaban J connectivity index is 2.01. The first-order chi connectivity index (χ1) is 18.7. The van der Waals surface area contributed by atoms with Crippen LogP contribution in [0.5, 0.6) is 0 Å². The maximum atomic E-state index is 13.9. The van der Waals surface area contributed by atoms with Crippen LogP contribution in [0.2, 0.25) is 0 Å². The molecule has 0 bridgehead atoms. The highest BCUT2D eigenvalue weighted by atomic mass is 19.4. The van der Waals surface area contributed by atoms with Crippen molar-refractivity contribution in [2.45, 2.75) is 24.3 Å². The number of benzene rings is 4. The summed E-state index contributed by atoms with van der Waals surface area (Å²) >= 11 is 0. The molecule has 4 rings (SSSR count). The van der Waals surface area contributed by atoms with E-state index in [1.807, 2.05) is 0 Å². The largest absolute Gasteiger partial charge is 0.416 e. The minimum atomic E-state index is -4.85. The number of carbonyl (C=O) groups excluding carboxylic acids is 1. The highest BCUT2D eigenvalue weighted by Crippen LogP contribution is 2.40. The van der Waals surface area contributed by atoms with Crippen molar-refractivity contribution in [3.63, 3.8) is 0 Å². The first-order valence-electron chi connectivity index (χ1n) is 11.6. The molecule has 4 aromatic carbocycles. The molecule has 1 amide bonds. The van der Waals surface area contributed by atoms with Gasteiger partial charge in [-0.05, 0) is 53.1 Å². The molecular formula is C29H18F9NO. The summed E-state index contributed by atoms with van der Waals surface area (Å²) in [5.74, 6) is -6.56. The molecule has 0 aromatic heterocycles. The smallest absolute Gasteiger partial charge is 0.338 e. The van der Waals surface area contributed by atoms with Crippen molar-refractivity contribution < 1.29 is 44.3 Å². The Morgan fingerprint density at radius 3 is 1.50 bits per heavy atom. The van der Waals surface area contributed by atoms with Crippen LogP contribution in [0, 0.1) is 17.5 Å². The molecule has 0 spiro atoms. The quantitative estimate of drug-likeness (QED) is 0.185. The number of hydrogen-bond acceptors (Lipinski definition) is 1. The van der Waals surface area contributed by atoms with Gasteiger partial charge in [0.25, 0.3) is 5.91 Å². The van der Waals surface area contributed by atoms with Crippen LogP contribution in [0.15, 0.2) is 91.0 Å². The van der Waals surface area contributed by atoms with Gasteiger partial charge in [0.2, 0.25) is 0 Å². The van der Waals surface area contributed by atoms with Gasteiger partial charge in [0, 0.05) is 12.0 Å². The van der Waals surface area contributed by atoms with E-state index in [1.165, 1.54) is 12.1 Å². The SMILES string of the molecule is O=C(NC(Cc1ccccc1)(c1cccc(C(F)(F)F)c1)c1cccc(C(F)(F)F)c1)c1cc(F)c(F)c(F)c1. The highest BCUT2D eigenvalue weighted by Gasteiger charge is 2.41. The van der Waals surface area contributed by atoms with Gasteiger partial charge in [0.1, 0.15) is 0 Å². The Hall–Kier alpha value is -4.28. The fourth-order valence-corrected chi connectivity index (χ4v) is 4.34. The lowest BCUT2D eigenvalue weighted by atomic mass is 9.76. The minimum Gasteiger partial charge on any atom is -0.338 e. The summed E-state index contributed by atoms with van der Waals surface area (Å²) in [7, 11) is 0. The molecule has 0 aliphatic carbocycles. The minimum absolute atomic E-state index is 0.262. The van der Waals surface area contributed by atoms with Crippen molar-refractivity contribution in [1.82, 2.24) is 5.32 Å². The lowest BCUT2D eigenvalue weighted by molar-refractivity contribution is -0.138. The van der Waals surface area contributed by atoms with Crippen molar-refractivity contribution in [2.75, 3.05) is 0 Å². The van der Waals surface area contributed by atoms with Crippen LogP contribution in [0.3, 0.4) is 0 Å².